The van der Waals surface area contributed by atoms with Crippen LogP contribution in [-0.2, 0) is 0 Å². The predicted octanol–water partition coefficient (Wildman–Crippen LogP) is 3.15. The van der Waals surface area contributed by atoms with Crippen LogP contribution in [0.2, 0.25) is 0 Å². The van der Waals surface area contributed by atoms with Crippen molar-refractivity contribution in [3.05, 3.63) is 11.3 Å². The van der Waals surface area contributed by atoms with Crippen LogP contribution in [0.4, 0.5) is 0 Å². The molecule has 0 rings (SSSR count). The molecule has 0 aromatic rings. The Kier molecular flexibility index (Phi) is 5.51. The lowest BCUT2D eigenvalue weighted by molar-refractivity contribution is 0.666. The average Bonchev–Trinajstić information content (AvgIpc) is 2.00. The third kappa shape index (κ3) is 5.05. The summed E-state index contributed by atoms with van der Waals surface area (Å²) in [7, 11) is 0. The fourth-order valence-corrected chi connectivity index (χ4v) is 1.30. The summed E-state index contributed by atoms with van der Waals surface area (Å²) in [5.74, 6) is 0. The van der Waals surface area contributed by atoms with Crippen molar-refractivity contribution >= 4 is 5.71 Å². The van der Waals surface area contributed by atoms with Crippen molar-refractivity contribution < 1.29 is 0 Å². The summed E-state index contributed by atoms with van der Waals surface area (Å²) >= 11 is 0. The highest BCUT2D eigenvalue weighted by molar-refractivity contribution is 5.98. The molecule has 0 saturated carbocycles. The van der Waals surface area contributed by atoms with E-state index in [1.165, 1.54) is 11.3 Å². The fraction of sp³-hybridized carbons (Fsp3) is 0.750. The molecule has 0 fully saturated rings. The first-order valence-electron chi connectivity index (χ1n) is 5.33. The molecule has 0 unspecified atom stereocenters. The van der Waals surface area contributed by atoms with E-state index in [0.717, 1.165) is 5.71 Å². The number of nitrogens with zero attached hydrogens (tertiary/aromatic N) is 1. The molecule has 0 spiro atoms. The van der Waals surface area contributed by atoms with Gasteiger partial charge in [0.25, 0.3) is 0 Å². The van der Waals surface area contributed by atoms with Crippen molar-refractivity contribution in [2.45, 2.75) is 60.5 Å². The van der Waals surface area contributed by atoms with Gasteiger partial charge in [0.2, 0.25) is 0 Å². The van der Waals surface area contributed by atoms with E-state index >= 15 is 0 Å². The standard InChI is InChI=1S/C12H24N2/c1-8(2)13-11(6)10(5)12(7)14-9(3)4/h8-9,13H,1-7H3/b11-10-,14-12?. The van der Waals surface area contributed by atoms with Crippen molar-refractivity contribution in [3.8, 4) is 0 Å². The van der Waals surface area contributed by atoms with Crippen molar-refractivity contribution in [1.82, 2.24) is 5.32 Å². The number of hydrogen-bond acceptors (Lipinski definition) is 2. The number of rotatable bonds is 4. The van der Waals surface area contributed by atoms with Gasteiger partial charge in [-0.2, -0.15) is 0 Å². The van der Waals surface area contributed by atoms with E-state index in [4.69, 9.17) is 0 Å². The van der Waals surface area contributed by atoms with Gasteiger partial charge < -0.3 is 5.32 Å². The van der Waals surface area contributed by atoms with Crippen LogP contribution in [0.25, 0.3) is 0 Å². The van der Waals surface area contributed by atoms with Crippen molar-refractivity contribution in [2.24, 2.45) is 4.99 Å². The predicted molar refractivity (Wildman–Crippen MR) is 64.9 cm³/mol. The first kappa shape index (κ1) is 13.2. The van der Waals surface area contributed by atoms with E-state index in [2.05, 4.69) is 58.8 Å². The molecule has 0 aliphatic rings. The fourth-order valence-electron chi connectivity index (χ4n) is 1.30. The maximum Gasteiger partial charge on any atom is 0.0446 e. The molecule has 0 aromatic heterocycles. The Morgan fingerprint density at radius 3 is 1.86 bits per heavy atom. The SMILES string of the molecule is CC(=NC(C)C)/C(C)=C(/C)NC(C)C. The van der Waals surface area contributed by atoms with Crippen LogP contribution in [0.5, 0.6) is 0 Å². The van der Waals surface area contributed by atoms with Crippen LogP contribution in [0.1, 0.15) is 48.5 Å². The van der Waals surface area contributed by atoms with Gasteiger partial charge in [0.05, 0.1) is 0 Å². The molecule has 1 N–H and O–H groups in total. The number of aliphatic imine (C=N–C) groups is 1. The second-order valence-corrected chi connectivity index (χ2v) is 4.36. The first-order valence-corrected chi connectivity index (χ1v) is 5.33. The average molecular weight is 196 g/mol. The van der Waals surface area contributed by atoms with Gasteiger partial charge in [0.1, 0.15) is 0 Å². The van der Waals surface area contributed by atoms with Gasteiger partial charge in [-0.05, 0) is 54.0 Å². The van der Waals surface area contributed by atoms with Crippen LogP contribution in [-0.4, -0.2) is 17.8 Å². The lowest BCUT2D eigenvalue weighted by Gasteiger charge is -2.14. The molecule has 0 aliphatic carbocycles. The molecule has 0 radical (unpaired) electrons. The monoisotopic (exact) mass is 196 g/mol. The maximum atomic E-state index is 4.52. The second kappa shape index (κ2) is 5.84. The van der Waals surface area contributed by atoms with E-state index in [1.54, 1.807) is 0 Å². The van der Waals surface area contributed by atoms with Gasteiger partial charge in [-0.25, -0.2) is 0 Å². The third-order valence-electron chi connectivity index (χ3n) is 2.06. The summed E-state index contributed by atoms with van der Waals surface area (Å²) in [6.07, 6.45) is 0. The molecule has 0 heterocycles. The Morgan fingerprint density at radius 2 is 1.50 bits per heavy atom. The Bertz CT molecular complexity index is 235. The van der Waals surface area contributed by atoms with Gasteiger partial charge in [0.15, 0.2) is 0 Å². The highest BCUT2D eigenvalue weighted by Gasteiger charge is 2.02. The quantitative estimate of drug-likeness (QED) is 0.686. The highest BCUT2D eigenvalue weighted by atomic mass is 14.9. The van der Waals surface area contributed by atoms with Crippen molar-refractivity contribution in [1.29, 1.82) is 0 Å². The van der Waals surface area contributed by atoms with Crippen LogP contribution < -0.4 is 5.32 Å². The van der Waals surface area contributed by atoms with E-state index in [0.29, 0.717) is 12.1 Å². The number of allylic oxidation sites excluding steroid dienone is 2. The normalized spacial score (nSPS) is 14.8. The van der Waals surface area contributed by atoms with Crippen LogP contribution in [0.3, 0.4) is 0 Å². The van der Waals surface area contributed by atoms with E-state index in [1.807, 2.05) is 0 Å². The highest BCUT2D eigenvalue weighted by Crippen LogP contribution is 2.05. The molecule has 2 nitrogen and oxygen atoms in total. The molecular formula is C12H24N2. The topological polar surface area (TPSA) is 24.4 Å². The summed E-state index contributed by atoms with van der Waals surface area (Å²) in [5.41, 5.74) is 3.61. The molecular weight excluding hydrogens is 172 g/mol. The Labute approximate surface area is 88.5 Å². The zero-order valence-electron chi connectivity index (χ0n) is 10.6. The lowest BCUT2D eigenvalue weighted by atomic mass is 10.1. The third-order valence-corrected chi connectivity index (χ3v) is 2.06. The summed E-state index contributed by atoms with van der Waals surface area (Å²) in [5, 5.41) is 3.40. The maximum absolute atomic E-state index is 4.52. The molecule has 0 aromatic carbocycles. The van der Waals surface area contributed by atoms with E-state index < -0.39 is 0 Å². The van der Waals surface area contributed by atoms with Gasteiger partial charge in [-0.15, -0.1) is 0 Å². The molecule has 0 bridgehead atoms. The Balaban J connectivity index is 4.64. The second-order valence-electron chi connectivity index (χ2n) is 4.36. The van der Waals surface area contributed by atoms with Gasteiger partial charge in [-0.1, -0.05) is 0 Å². The molecule has 0 amide bonds. The van der Waals surface area contributed by atoms with Gasteiger partial charge in [-0.3, -0.25) is 4.99 Å². The Morgan fingerprint density at radius 1 is 1.00 bits per heavy atom. The molecule has 82 valence electrons. The number of nitrogens with one attached hydrogen (secondary N) is 1. The van der Waals surface area contributed by atoms with Crippen LogP contribution in [0.15, 0.2) is 16.3 Å². The summed E-state index contributed by atoms with van der Waals surface area (Å²) in [4.78, 5) is 4.52. The number of hydrogen-bond donors (Lipinski definition) is 1. The minimum absolute atomic E-state index is 0.372. The first-order chi connectivity index (χ1) is 6.34. The molecule has 0 atom stereocenters. The lowest BCUT2D eigenvalue weighted by Crippen LogP contribution is -2.22. The molecule has 14 heavy (non-hydrogen) atoms. The molecule has 0 saturated heterocycles. The zero-order valence-corrected chi connectivity index (χ0v) is 10.6. The molecule has 2 heteroatoms. The van der Waals surface area contributed by atoms with Crippen molar-refractivity contribution in [3.63, 3.8) is 0 Å². The summed E-state index contributed by atoms with van der Waals surface area (Å²) in [6.45, 7) is 14.8. The van der Waals surface area contributed by atoms with Crippen LogP contribution in [0, 0.1) is 0 Å². The minimum atomic E-state index is 0.372. The van der Waals surface area contributed by atoms with Crippen molar-refractivity contribution in [2.75, 3.05) is 0 Å². The zero-order chi connectivity index (χ0) is 11.3. The van der Waals surface area contributed by atoms with Gasteiger partial charge in [0, 0.05) is 23.5 Å². The minimum Gasteiger partial charge on any atom is -0.386 e. The summed E-state index contributed by atoms with van der Waals surface area (Å²) in [6, 6.07) is 0.855. The largest absolute Gasteiger partial charge is 0.386 e. The van der Waals surface area contributed by atoms with Crippen LogP contribution >= 0.6 is 0 Å². The van der Waals surface area contributed by atoms with E-state index in [-0.39, 0.29) is 0 Å². The Hall–Kier alpha value is -0.790. The molecule has 0 aliphatic heterocycles. The van der Waals surface area contributed by atoms with Gasteiger partial charge >= 0.3 is 0 Å². The smallest absolute Gasteiger partial charge is 0.0446 e. The summed E-state index contributed by atoms with van der Waals surface area (Å²) < 4.78 is 0. The van der Waals surface area contributed by atoms with E-state index in [9.17, 15) is 0 Å².